The number of hydrogen-bond acceptors (Lipinski definition) is 7. The molecule has 222 valence electrons. The van der Waals surface area contributed by atoms with Crippen molar-refractivity contribution in [2.45, 2.75) is 19.1 Å². The maximum atomic E-state index is 14.0. The standard InChI is InChI=1S/C32H33N5O6/c38-25-10-4-8-23(12-25)27(39)15-33-30(41)32-13-22(17-37(20-32)31(42)43-18-21-6-2-1-3-7-21)16-36(19-32)29(40)26-11-5-9-24-14-34-35-28(24)26/h1-12,14,22,27,38-39H,13,15-20H2,(H,33,41)(H,34,35). The number of H-pyrrole nitrogens is 1. The summed E-state index contributed by atoms with van der Waals surface area (Å²) in [6.45, 7) is 0.857. The number of aromatic amines is 1. The van der Waals surface area contributed by atoms with Gasteiger partial charge in [-0.1, -0.05) is 54.6 Å². The van der Waals surface area contributed by atoms with Gasteiger partial charge in [0.1, 0.15) is 12.4 Å². The number of ether oxygens (including phenoxy) is 1. The van der Waals surface area contributed by atoms with Crippen molar-refractivity contribution in [1.82, 2.24) is 25.3 Å². The summed E-state index contributed by atoms with van der Waals surface area (Å²) in [6, 6.07) is 21.0. The zero-order valence-electron chi connectivity index (χ0n) is 23.5. The first-order valence-corrected chi connectivity index (χ1v) is 14.2. The third-order valence-corrected chi connectivity index (χ3v) is 8.27. The fourth-order valence-electron chi connectivity index (χ4n) is 6.29. The van der Waals surface area contributed by atoms with Crippen molar-refractivity contribution in [2.24, 2.45) is 11.3 Å². The number of aliphatic hydroxyl groups is 1. The van der Waals surface area contributed by atoms with Crippen molar-refractivity contribution in [3.63, 3.8) is 0 Å². The topological polar surface area (TPSA) is 148 Å². The fraction of sp³-hybridized carbons (Fsp3) is 0.312. The molecule has 6 rings (SSSR count). The number of para-hydroxylation sites is 1. The Morgan fingerprint density at radius 3 is 2.60 bits per heavy atom. The predicted octanol–water partition coefficient (Wildman–Crippen LogP) is 3.22. The number of piperidine rings is 2. The molecule has 0 radical (unpaired) electrons. The van der Waals surface area contributed by atoms with Crippen molar-refractivity contribution in [3.8, 4) is 5.75 Å². The van der Waals surface area contributed by atoms with Gasteiger partial charge in [0.25, 0.3) is 5.91 Å². The minimum Gasteiger partial charge on any atom is -0.508 e. The first kappa shape index (κ1) is 28.2. The van der Waals surface area contributed by atoms with Gasteiger partial charge in [-0.05, 0) is 41.7 Å². The van der Waals surface area contributed by atoms with Crippen molar-refractivity contribution in [1.29, 1.82) is 0 Å². The normalized spacial score (nSPS) is 20.4. The highest BCUT2D eigenvalue weighted by molar-refractivity contribution is 6.05. The van der Waals surface area contributed by atoms with Gasteiger partial charge in [-0.15, -0.1) is 0 Å². The number of carbonyl (C=O) groups is 3. The van der Waals surface area contributed by atoms with Crippen molar-refractivity contribution in [2.75, 3.05) is 32.7 Å². The molecule has 4 N–H and O–H groups in total. The van der Waals surface area contributed by atoms with Gasteiger partial charge in [0.15, 0.2) is 0 Å². The number of amides is 3. The molecule has 2 saturated heterocycles. The number of carbonyl (C=O) groups excluding carboxylic acids is 3. The average Bonchev–Trinajstić information content (AvgIpc) is 3.51. The number of fused-ring (bicyclic) bond motifs is 3. The van der Waals surface area contributed by atoms with E-state index in [0.29, 0.717) is 36.2 Å². The van der Waals surface area contributed by atoms with Crippen molar-refractivity contribution >= 4 is 28.8 Å². The lowest BCUT2D eigenvalue weighted by molar-refractivity contribution is -0.140. The maximum Gasteiger partial charge on any atom is 0.410 e. The largest absolute Gasteiger partial charge is 0.508 e. The van der Waals surface area contributed by atoms with Crippen LogP contribution >= 0.6 is 0 Å². The van der Waals surface area contributed by atoms with Gasteiger partial charge >= 0.3 is 6.09 Å². The first-order chi connectivity index (χ1) is 20.8. The Morgan fingerprint density at radius 1 is 1.02 bits per heavy atom. The van der Waals surface area contributed by atoms with Crippen LogP contribution in [0.2, 0.25) is 0 Å². The molecule has 0 spiro atoms. The van der Waals surface area contributed by atoms with Crippen LogP contribution < -0.4 is 5.32 Å². The van der Waals surface area contributed by atoms with Gasteiger partial charge < -0.3 is 30.1 Å². The van der Waals surface area contributed by atoms with E-state index in [1.54, 1.807) is 40.3 Å². The third kappa shape index (κ3) is 5.89. The van der Waals surface area contributed by atoms with Gasteiger partial charge in [-0.2, -0.15) is 5.10 Å². The predicted molar refractivity (Wildman–Crippen MR) is 157 cm³/mol. The Bertz CT molecular complexity index is 1640. The molecule has 11 nitrogen and oxygen atoms in total. The van der Waals surface area contributed by atoms with Gasteiger partial charge in [0.05, 0.1) is 28.8 Å². The number of rotatable bonds is 7. The molecule has 2 aliphatic heterocycles. The SMILES string of the molecule is O=C(OCc1ccccc1)N1CC2CN(C(=O)c3cccc4cn[nH]c34)CC(C(=O)NCC(O)c3cccc(O)c3)(C2)C1. The number of nitrogens with one attached hydrogen (secondary N) is 2. The summed E-state index contributed by atoms with van der Waals surface area (Å²) in [5.41, 5.74) is 1.28. The lowest BCUT2D eigenvalue weighted by Crippen LogP contribution is -2.65. The van der Waals surface area contributed by atoms with Crippen LogP contribution in [0.4, 0.5) is 4.79 Å². The van der Waals surface area contributed by atoms with Crippen LogP contribution in [0, 0.1) is 11.3 Å². The average molecular weight is 584 g/mol. The minimum atomic E-state index is -1.12. The van der Waals surface area contributed by atoms with E-state index in [-0.39, 0.29) is 49.7 Å². The van der Waals surface area contributed by atoms with Gasteiger partial charge in [-0.25, -0.2) is 4.79 Å². The summed E-state index contributed by atoms with van der Waals surface area (Å²) in [5.74, 6) is -0.750. The van der Waals surface area contributed by atoms with E-state index in [1.807, 2.05) is 36.4 Å². The molecule has 0 aliphatic carbocycles. The number of phenolic OH excluding ortho intramolecular Hbond substituents is 1. The summed E-state index contributed by atoms with van der Waals surface area (Å²) >= 11 is 0. The molecule has 1 aromatic heterocycles. The van der Waals surface area contributed by atoms with E-state index < -0.39 is 17.6 Å². The monoisotopic (exact) mass is 583 g/mol. The summed E-state index contributed by atoms with van der Waals surface area (Å²) in [4.78, 5) is 44.3. The summed E-state index contributed by atoms with van der Waals surface area (Å²) < 4.78 is 5.61. The second-order valence-corrected chi connectivity index (χ2v) is 11.4. The lowest BCUT2D eigenvalue weighted by Gasteiger charge is -2.51. The minimum absolute atomic E-state index is 0.00923. The Labute approximate surface area is 248 Å². The highest BCUT2D eigenvalue weighted by atomic mass is 16.6. The molecule has 0 saturated carbocycles. The van der Waals surface area contributed by atoms with Crippen LogP contribution in [0.25, 0.3) is 10.9 Å². The van der Waals surface area contributed by atoms with Crippen molar-refractivity contribution in [3.05, 3.63) is 95.7 Å². The quantitative estimate of drug-likeness (QED) is 0.261. The van der Waals surface area contributed by atoms with Gasteiger partial charge in [0.2, 0.25) is 5.91 Å². The fourth-order valence-corrected chi connectivity index (χ4v) is 6.29. The van der Waals surface area contributed by atoms with Crippen LogP contribution in [0.15, 0.2) is 79.0 Å². The second-order valence-electron chi connectivity index (χ2n) is 11.4. The molecule has 4 aromatic rings. The lowest BCUT2D eigenvalue weighted by atomic mass is 9.71. The summed E-state index contributed by atoms with van der Waals surface area (Å²) in [5, 5.41) is 31.1. The maximum absolute atomic E-state index is 14.0. The first-order valence-electron chi connectivity index (χ1n) is 14.2. The third-order valence-electron chi connectivity index (χ3n) is 8.27. The molecule has 3 unspecified atom stereocenters. The molecular weight excluding hydrogens is 550 g/mol. The van der Waals surface area contributed by atoms with E-state index in [1.165, 1.54) is 12.1 Å². The van der Waals surface area contributed by atoms with Crippen LogP contribution in [0.1, 0.15) is 34.0 Å². The summed E-state index contributed by atoms with van der Waals surface area (Å²) in [6.07, 6.45) is 0.551. The van der Waals surface area contributed by atoms with Crippen molar-refractivity contribution < 1.29 is 29.3 Å². The molecule has 11 heteroatoms. The van der Waals surface area contributed by atoms with E-state index in [0.717, 1.165) is 10.9 Å². The summed E-state index contributed by atoms with van der Waals surface area (Å²) in [7, 11) is 0. The number of hydrogen-bond donors (Lipinski definition) is 4. The Morgan fingerprint density at radius 2 is 1.79 bits per heavy atom. The number of aliphatic hydroxyl groups excluding tert-OH is 1. The number of likely N-dealkylation sites (tertiary alicyclic amines) is 2. The van der Waals surface area contributed by atoms with E-state index in [9.17, 15) is 24.6 Å². The Balaban J connectivity index is 1.23. The van der Waals surface area contributed by atoms with E-state index in [2.05, 4.69) is 15.5 Å². The molecule has 3 aromatic carbocycles. The van der Waals surface area contributed by atoms with Gasteiger partial charge in [0, 0.05) is 38.1 Å². The Kier molecular flexibility index (Phi) is 7.73. The van der Waals surface area contributed by atoms with Crippen LogP contribution in [0.3, 0.4) is 0 Å². The highest BCUT2D eigenvalue weighted by Gasteiger charge is 2.52. The second kappa shape index (κ2) is 11.8. The molecule has 2 fully saturated rings. The van der Waals surface area contributed by atoms with Crippen LogP contribution in [-0.4, -0.2) is 80.8 Å². The molecule has 3 amide bonds. The molecule has 43 heavy (non-hydrogen) atoms. The molecule has 3 heterocycles. The molecule has 2 bridgehead atoms. The van der Waals surface area contributed by atoms with Crippen LogP contribution in [-0.2, 0) is 16.1 Å². The molecule has 2 aliphatic rings. The number of phenols is 1. The van der Waals surface area contributed by atoms with Crippen LogP contribution in [0.5, 0.6) is 5.75 Å². The number of benzene rings is 3. The number of nitrogens with zero attached hydrogens (tertiary/aromatic N) is 3. The zero-order chi connectivity index (χ0) is 30.0. The smallest absolute Gasteiger partial charge is 0.410 e. The number of aromatic hydroxyl groups is 1. The van der Waals surface area contributed by atoms with E-state index >= 15 is 0 Å². The molecule has 3 atom stereocenters. The molecular formula is C32H33N5O6. The van der Waals surface area contributed by atoms with E-state index in [4.69, 9.17) is 4.74 Å². The Hall–Kier alpha value is -4.90. The van der Waals surface area contributed by atoms with Gasteiger partial charge in [-0.3, -0.25) is 14.7 Å². The zero-order valence-corrected chi connectivity index (χ0v) is 23.5. The highest BCUT2D eigenvalue weighted by Crippen LogP contribution is 2.40. The number of aromatic nitrogens is 2.